The van der Waals surface area contributed by atoms with Gasteiger partial charge in [-0.2, -0.15) is 5.26 Å². The summed E-state index contributed by atoms with van der Waals surface area (Å²) >= 11 is 2.85. The molecule has 0 saturated heterocycles. The number of benzene rings is 2. The predicted molar refractivity (Wildman–Crippen MR) is 120 cm³/mol. The van der Waals surface area contributed by atoms with E-state index in [2.05, 4.69) is 35.4 Å². The van der Waals surface area contributed by atoms with Crippen molar-refractivity contribution in [1.82, 2.24) is 10.2 Å². The lowest BCUT2D eigenvalue weighted by Gasteiger charge is -2.12. The number of rotatable bonds is 8. The number of carbonyl (C=O) groups is 1. The number of nitrogens with zero attached hydrogens (tertiary/aromatic N) is 3. The van der Waals surface area contributed by atoms with E-state index in [1.54, 1.807) is 12.1 Å². The molecule has 0 atom stereocenters. The van der Waals surface area contributed by atoms with Crippen LogP contribution in [-0.2, 0) is 10.5 Å². The molecule has 6 nitrogen and oxygen atoms in total. The Morgan fingerprint density at radius 3 is 2.67 bits per heavy atom. The number of aryl methyl sites for hydroxylation is 1. The van der Waals surface area contributed by atoms with Gasteiger partial charge in [0.2, 0.25) is 5.13 Å². The van der Waals surface area contributed by atoms with E-state index >= 15 is 0 Å². The summed E-state index contributed by atoms with van der Waals surface area (Å²) < 4.78 is 6.36. The summed E-state index contributed by atoms with van der Waals surface area (Å²) in [7, 11) is 0. The fourth-order valence-corrected chi connectivity index (χ4v) is 4.55. The van der Waals surface area contributed by atoms with Gasteiger partial charge >= 0.3 is 0 Å². The normalized spacial score (nSPS) is 10.6. The lowest BCUT2D eigenvalue weighted by atomic mass is 9.98. The predicted octanol–water partition coefficient (Wildman–Crippen LogP) is 5.15. The first-order chi connectivity index (χ1) is 14.4. The monoisotopic (exact) mass is 438 g/mol. The van der Waals surface area contributed by atoms with Gasteiger partial charge in [-0.15, -0.1) is 10.2 Å². The Morgan fingerprint density at radius 2 is 2.00 bits per heavy atom. The van der Waals surface area contributed by atoms with Gasteiger partial charge in [-0.3, -0.25) is 10.1 Å². The van der Waals surface area contributed by atoms with Gasteiger partial charge in [0.25, 0.3) is 5.91 Å². The minimum Gasteiger partial charge on any atom is -0.484 e. The van der Waals surface area contributed by atoms with Crippen molar-refractivity contribution in [2.75, 3.05) is 11.9 Å². The summed E-state index contributed by atoms with van der Waals surface area (Å²) in [5, 5.41) is 20.1. The van der Waals surface area contributed by atoms with Gasteiger partial charge in [-0.25, -0.2) is 0 Å². The summed E-state index contributed by atoms with van der Waals surface area (Å²) in [6, 6.07) is 15.4. The van der Waals surface area contributed by atoms with Gasteiger partial charge in [0, 0.05) is 5.75 Å². The van der Waals surface area contributed by atoms with Crippen LogP contribution >= 0.6 is 23.1 Å². The molecular weight excluding hydrogens is 416 g/mol. The Balaban J connectivity index is 1.47. The number of anilines is 1. The zero-order valence-corrected chi connectivity index (χ0v) is 18.6. The number of ether oxygens (including phenoxy) is 1. The molecule has 1 N–H and O–H groups in total. The molecule has 0 radical (unpaired) electrons. The van der Waals surface area contributed by atoms with Crippen molar-refractivity contribution < 1.29 is 9.53 Å². The smallest absolute Gasteiger partial charge is 0.264 e. The third kappa shape index (κ3) is 6.05. The second-order valence-electron chi connectivity index (χ2n) is 6.98. The quantitative estimate of drug-likeness (QED) is 0.386. The van der Waals surface area contributed by atoms with Crippen molar-refractivity contribution in [2.24, 2.45) is 0 Å². The number of thioether (sulfide) groups is 1. The van der Waals surface area contributed by atoms with Crippen LogP contribution < -0.4 is 10.1 Å². The van der Waals surface area contributed by atoms with E-state index in [9.17, 15) is 4.79 Å². The Labute approximate surface area is 184 Å². The average molecular weight is 439 g/mol. The standard InChI is InChI=1S/C22H22N4O2S2/c1-14(2)19-9-8-18(10-15(19)3)28-12-20(27)24-21-25-26-22(30-21)29-13-17-6-4-16(11-23)5-7-17/h4-10,14H,12-13H2,1-3H3,(H,24,25,27). The van der Waals surface area contributed by atoms with Gasteiger partial charge in [-0.1, -0.05) is 55.1 Å². The molecule has 0 spiro atoms. The van der Waals surface area contributed by atoms with Crippen LogP contribution in [0.15, 0.2) is 46.8 Å². The van der Waals surface area contributed by atoms with E-state index < -0.39 is 0 Å². The van der Waals surface area contributed by atoms with Gasteiger partial charge in [-0.05, 0) is 53.8 Å². The molecule has 1 heterocycles. The lowest BCUT2D eigenvalue weighted by molar-refractivity contribution is -0.118. The molecule has 0 aliphatic rings. The fraction of sp³-hybridized carbons (Fsp3) is 0.273. The van der Waals surface area contributed by atoms with Crippen LogP contribution in [0.5, 0.6) is 5.75 Å². The second-order valence-corrected chi connectivity index (χ2v) is 9.18. The highest BCUT2D eigenvalue weighted by molar-refractivity contribution is 8.00. The SMILES string of the molecule is Cc1cc(OCC(=O)Nc2nnc(SCc3ccc(C#N)cc3)s2)ccc1C(C)C. The number of nitriles is 1. The van der Waals surface area contributed by atoms with Gasteiger partial charge in [0.05, 0.1) is 11.6 Å². The van der Waals surface area contributed by atoms with Crippen molar-refractivity contribution in [3.63, 3.8) is 0 Å². The summed E-state index contributed by atoms with van der Waals surface area (Å²) in [4.78, 5) is 12.2. The summed E-state index contributed by atoms with van der Waals surface area (Å²) in [6.45, 7) is 6.25. The molecule has 0 bridgehead atoms. The average Bonchev–Trinajstić information content (AvgIpc) is 3.18. The van der Waals surface area contributed by atoms with Crippen LogP contribution in [0, 0.1) is 18.3 Å². The van der Waals surface area contributed by atoms with Crippen molar-refractivity contribution in [2.45, 2.75) is 36.8 Å². The van der Waals surface area contributed by atoms with Gasteiger partial charge in [0.1, 0.15) is 5.75 Å². The fourth-order valence-electron chi connectivity index (χ4n) is 2.83. The maximum Gasteiger partial charge on any atom is 0.264 e. The number of hydrogen-bond acceptors (Lipinski definition) is 7. The Hall–Kier alpha value is -2.89. The van der Waals surface area contributed by atoms with Crippen LogP contribution in [0.4, 0.5) is 5.13 Å². The summed E-state index contributed by atoms with van der Waals surface area (Å²) in [5.74, 6) is 1.55. The maximum atomic E-state index is 12.2. The molecule has 0 aliphatic carbocycles. The highest BCUT2D eigenvalue weighted by atomic mass is 32.2. The molecule has 0 saturated carbocycles. The first-order valence-corrected chi connectivity index (χ1v) is 11.2. The molecule has 0 unspecified atom stereocenters. The van der Waals surface area contributed by atoms with E-state index in [0.29, 0.717) is 28.1 Å². The number of aromatic nitrogens is 2. The number of hydrogen-bond donors (Lipinski definition) is 1. The lowest BCUT2D eigenvalue weighted by Crippen LogP contribution is -2.20. The van der Waals surface area contributed by atoms with Crippen LogP contribution in [0.1, 0.15) is 42.0 Å². The Morgan fingerprint density at radius 1 is 1.23 bits per heavy atom. The highest BCUT2D eigenvalue weighted by Gasteiger charge is 2.11. The highest BCUT2D eigenvalue weighted by Crippen LogP contribution is 2.28. The second kappa shape index (κ2) is 10.2. The molecule has 3 rings (SSSR count). The molecule has 0 aliphatic heterocycles. The molecule has 3 aromatic rings. The molecular formula is C22H22N4O2S2. The Bertz CT molecular complexity index is 1060. The minimum absolute atomic E-state index is 0.0895. The minimum atomic E-state index is -0.277. The molecule has 2 aromatic carbocycles. The summed E-state index contributed by atoms with van der Waals surface area (Å²) in [6.07, 6.45) is 0. The zero-order chi connectivity index (χ0) is 21.5. The van der Waals surface area contributed by atoms with Crippen molar-refractivity contribution in [3.05, 3.63) is 64.7 Å². The van der Waals surface area contributed by atoms with Crippen LogP contribution in [0.25, 0.3) is 0 Å². The summed E-state index contributed by atoms with van der Waals surface area (Å²) in [5.41, 5.74) is 4.15. The number of nitrogens with one attached hydrogen (secondary N) is 1. The third-order valence-electron chi connectivity index (χ3n) is 4.33. The van der Waals surface area contributed by atoms with Crippen LogP contribution in [-0.4, -0.2) is 22.7 Å². The molecule has 1 amide bonds. The van der Waals surface area contributed by atoms with Crippen molar-refractivity contribution in [3.8, 4) is 11.8 Å². The van der Waals surface area contributed by atoms with Gasteiger partial charge < -0.3 is 4.74 Å². The van der Waals surface area contributed by atoms with Crippen molar-refractivity contribution >= 4 is 34.1 Å². The number of carbonyl (C=O) groups excluding carboxylic acids is 1. The Kier molecular flexibility index (Phi) is 7.44. The topological polar surface area (TPSA) is 87.9 Å². The first-order valence-electron chi connectivity index (χ1n) is 9.43. The molecule has 8 heteroatoms. The third-order valence-corrected chi connectivity index (χ3v) is 6.37. The zero-order valence-electron chi connectivity index (χ0n) is 17.0. The van der Waals surface area contributed by atoms with Crippen LogP contribution in [0.2, 0.25) is 0 Å². The molecule has 1 aromatic heterocycles. The van der Waals surface area contributed by atoms with Crippen LogP contribution in [0.3, 0.4) is 0 Å². The van der Waals surface area contributed by atoms with Crippen molar-refractivity contribution in [1.29, 1.82) is 5.26 Å². The van der Waals surface area contributed by atoms with Gasteiger partial charge in [0.15, 0.2) is 10.9 Å². The van der Waals surface area contributed by atoms with E-state index in [1.807, 2.05) is 37.3 Å². The number of amides is 1. The van der Waals surface area contributed by atoms with E-state index in [1.165, 1.54) is 28.7 Å². The molecule has 30 heavy (non-hydrogen) atoms. The molecule has 154 valence electrons. The van der Waals surface area contributed by atoms with E-state index in [4.69, 9.17) is 10.00 Å². The largest absolute Gasteiger partial charge is 0.484 e. The molecule has 0 fully saturated rings. The van der Waals surface area contributed by atoms with E-state index in [-0.39, 0.29) is 12.5 Å². The van der Waals surface area contributed by atoms with E-state index in [0.717, 1.165) is 15.5 Å². The first kappa shape index (κ1) is 21.8. The maximum absolute atomic E-state index is 12.2.